The van der Waals surface area contributed by atoms with Gasteiger partial charge in [0.05, 0.1) is 23.7 Å². The number of ether oxygens (including phenoxy) is 1. The molecule has 1 amide bonds. The minimum absolute atomic E-state index is 0.230. The topological polar surface area (TPSA) is 70.7 Å². The maximum Gasteiger partial charge on any atom is 0.336 e. The van der Waals surface area contributed by atoms with E-state index in [1.807, 2.05) is 72.6 Å². The van der Waals surface area contributed by atoms with Gasteiger partial charge < -0.3 is 20.3 Å². The summed E-state index contributed by atoms with van der Waals surface area (Å²) in [5, 5.41) is 6.39. The number of allylic oxidation sites excluding steroid dienone is 1. The maximum atomic E-state index is 13.4. The monoisotopic (exact) mass is 495 g/mol. The van der Waals surface area contributed by atoms with Gasteiger partial charge in [0.2, 0.25) is 0 Å². The standard InChI is InChI=1S/C25H26BrN3O3/c1-4-27-24(30)22-20(17-12-8-6-9-13-17)21(25(31)32-5-2)19(16-26)28-23(22)29(3)18-14-10-7-11-15-18/h4,6-15,20,28H,1,5,16H2,2-3H3,(H,27,30). The van der Waals surface area contributed by atoms with Crippen LogP contribution < -0.4 is 15.5 Å². The number of hydrogen-bond donors (Lipinski definition) is 2. The van der Waals surface area contributed by atoms with Crippen LogP contribution >= 0.6 is 15.9 Å². The van der Waals surface area contributed by atoms with Crippen molar-refractivity contribution in [1.82, 2.24) is 10.6 Å². The van der Waals surface area contributed by atoms with Gasteiger partial charge in [0.15, 0.2) is 0 Å². The minimum Gasteiger partial charge on any atom is -0.463 e. The summed E-state index contributed by atoms with van der Waals surface area (Å²) in [5.41, 5.74) is 3.14. The minimum atomic E-state index is -0.634. The van der Waals surface area contributed by atoms with Crippen LogP contribution in [0.4, 0.5) is 5.69 Å². The first-order valence-corrected chi connectivity index (χ1v) is 11.4. The predicted octanol–water partition coefficient (Wildman–Crippen LogP) is 4.19. The third-order valence-electron chi connectivity index (χ3n) is 5.15. The number of amides is 1. The van der Waals surface area contributed by atoms with Crippen molar-refractivity contribution in [2.24, 2.45) is 0 Å². The summed E-state index contributed by atoms with van der Waals surface area (Å²) in [6, 6.07) is 19.2. The lowest BCUT2D eigenvalue weighted by Gasteiger charge is -2.36. The normalized spacial score (nSPS) is 15.7. The molecule has 1 unspecified atom stereocenters. The van der Waals surface area contributed by atoms with Crippen LogP contribution in [0.25, 0.3) is 0 Å². The molecule has 166 valence electrons. The fraction of sp³-hybridized carbons (Fsp3) is 0.200. The Kier molecular flexibility index (Phi) is 7.89. The summed E-state index contributed by atoms with van der Waals surface area (Å²) in [7, 11) is 1.88. The molecule has 0 saturated heterocycles. The van der Waals surface area contributed by atoms with Crippen molar-refractivity contribution in [3.63, 3.8) is 0 Å². The molecule has 0 fully saturated rings. The summed E-state index contributed by atoms with van der Waals surface area (Å²) in [4.78, 5) is 28.4. The highest BCUT2D eigenvalue weighted by Crippen LogP contribution is 2.40. The van der Waals surface area contributed by atoms with Crippen molar-refractivity contribution >= 4 is 33.5 Å². The van der Waals surface area contributed by atoms with E-state index in [9.17, 15) is 9.59 Å². The number of nitrogens with zero attached hydrogens (tertiary/aromatic N) is 1. The number of halogens is 1. The Labute approximate surface area is 196 Å². The maximum absolute atomic E-state index is 13.4. The van der Waals surface area contributed by atoms with Gasteiger partial charge in [-0.15, -0.1) is 0 Å². The van der Waals surface area contributed by atoms with Crippen LogP contribution in [-0.4, -0.2) is 30.9 Å². The molecule has 0 spiro atoms. The molecule has 2 aromatic carbocycles. The number of para-hydroxylation sites is 1. The summed E-state index contributed by atoms with van der Waals surface area (Å²) in [5.74, 6) is -0.875. The second-order valence-corrected chi connectivity index (χ2v) is 7.61. The summed E-state index contributed by atoms with van der Waals surface area (Å²) in [6.45, 7) is 5.63. The molecule has 0 saturated carbocycles. The molecule has 0 bridgehead atoms. The molecule has 2 aromatic rings. The Morgan fingerprint density at radius 3 is 2.31 bits per heavy atom. The largest absolute Gasteiger partial charge is 0.463 e. The number of hydrogen-bond acceptors (Lipinski definition) is 5. The van der Waals surface area contributed by atoms with Crippen LogP contribution in [0.5, 0.6) is 0 Å². The number of alkyl halides is 1. The Bertz CT molecular complexity index is 1050. The lowest BCUT2D eigenvalue weighted by atomic mass is 9.80. The molecule has 6 nitrogen and oxygen atoms in total. The Hall–Kier alpha value is -3.32. The zero-order valence-electron chi connectivity index (χ0n) is 18.1. The van der Waals surface area contributed by atoms with E-state index in [2.05, 4.69) is 33.1 Å². The van der Waals surface area contributed by atoms with E-state index in [0.717, 1.165) is 11.3 Å². The molecule has 1 aliphatic rings. The molecule has 3 rings (SSSR count). The van der Waals surface area contributed by atoms with Gasteiger partial charge in [0, 0.05) is 23.8 Å². The van der Waals surface area contributed by atoms with E-state index >= 15 is 0 Å². The predicted molar refractivity (Wildman–Crippen MR) is 130 cm³/mol. The molecule has 0 aliphatic carbocycles. The first-order valence-electron chi connectivity index (χ1n) is 10.3. The van der Waals surface area contributed by atoms with E-state index in [-0.39, 0.29) is 12.5 Å². The van der Waals surface area contributed by atoms with E-state index in [0.29, 0.717) is 28.0 Å². The second-order valence-electron chi connectivity index (χ2n) is 7.05. The van der Waals surface area contributed by atoms with Crippen LogP contribution in [0.1, 0.15) is 18.4 Å². The van der Waals surface area contributed by atoms with Crippen molar-refractivity contribution in [2.75, 3.05) is 23.9 Å². The molecule has 1 heterocycles. The third-order valence-corrected chi connectivity index (χ3v) is 5.71. The van der Waals surface area contributed by atoms with E-state index in [1.165, 1.54) is 6.20 Å². The Balaban J connectivity index is 2.29. The van der Waals surface area contributed by atoms with E-state index < -0.39 is 11.9 Å². The zero-order chi connectivity index (χ0) is 23.1. The smallest absolute Gasteiger partial charge is 0.336 e. The quantitative estimate of drug-likeness (QED) is 0.424. The number of carbonyl (C=O) groups excluding carboxylic acids is 2. The first kappa shape index (κ1) is 23.3. The number of carbonyl (C=O) groups is 2. The lowest BCUT2D eigenvalue weighted by Crippen LogP contribution is -2.42. The molecule has 7 heteroatoms. The van der Waals surface area contributed by atoms with Crippen LogP contribution in [-0.2, 0) is 14.3 Å². The number of dihydropyridines is 1. The molecule has 0 aromatic heterocycles. The number of anilines is 1. The lowest BCUT2D eigenvalue weighted by molar-refractivity contribution is -0.138. The first-order chi connectivity index (χ1) is 15.5. The van der Waals surface area contributed by atoms with Gasteiger partial charge in [-0.25, -0.2) is 4.79 Å². The van der Waals surface area contributed by atoms with Gasteiger partial charge >= 0.3 is 5.97 Å². The number of benzene rings is 2. The highest BCUT2D eigenvalue weighted by molar-refractivity contribution is 9.09. The van der Waals surface area contributed by atoms with Crippen molar-refractivity contribution in [2.45, 2.75) is 12.8 Å². The van der Waals surface area contributed by atoms with Gasteiger partial charge in [-0.1, -0.05) is 71.0 Å². The molecule has 1 atom stereocenters. The molecule has 2 N–H and O–H groups in total. The molecular weight excluding hydrogens is 470 g/mol. The molecule has 1 aliphatic heterocycles. The average Bonchev–Trinajstić information content (AvgIpc) is 2.83. The number of nitrogens with one attached hydrogen (secondary N) is 2. The third kappa shape index (κ3) is 4.78. The highest BCUT2D eigenvalue weighted by Gasteiger charge is 2.40. The SMILES string of the molecule is C=CNC(=O)C1=C(N(C)c2ccccc2)NC(CBr)=C(C(=O)OCC)C1c1ccccc1. The van der Waals surface area contributed by atoms with Gasteiger partial charge in [-0.05, 0) is 30.8 Å². The number of esters is 1. The van der Waals surface area contributed by atoms with Gasteiger partial charge in [0.1, 0.15) is 5.82 Å². The van der Waals surface area contributed by atoms with Crippen LogP contribution in [0.3, 0.4) is 0 Å². The van der Waals surface area contributed by atoms with Crippen LogP contribution in [0.2, 0.25) is 0 Å². The molecule has 32 heavy (non-hydrogen) atoms. The summed E-state index contributed by atoms with van der Waals surface area (Å²) in [6.07, 6.45) is 1.34. The van der Waals surface area contributed by atoms with Crippen molar-refractivity contribution in [3.8, 4) is 0 Å². The van der Waals surface area contributed by atoms with Crippen LogP contribution in [0.15, 0.2) is 96.1 Å². The van der Waals surface area contributed by atoms with Gasteiger partial charge in [-0.2, -0.15) is 0 Å². The fourth-order valence-electron chi connectivity index (χ4n) is 3.72. The summed E-state index contributed by atoms with van der Waals surface area (Å²) >= 11 is 3.51. The van der Waals surface area contributed by atoms with Crippen molar-refractivity contribution in [1.29, 1.82) is 0 Å². The van der Waals surface area contributed by atoms with Crippen molar-refractivity contribution in [3.05, 3.63) is 102 Å². The van der Waals surface area contributed by atoms with Gasteiger partial charge in [0.25, 0.3) is 5.91 Å². The summed E-state index contributed by atoms with van der Waals surface area (Å²) < 4.78 is 5.39. The molecular formula is C25H26BrN3O3. The highest BCUT2D eigenvalue weighted by atomic mass is 79.9. The zero-order valence-corrected chi connectivity index (χ0v) is 19.7. The number of rotatable bonds is 8. The van der Waals surface area contributed by atoms with Crippen molar-refractivity contribution < 1.29 is 14.3 Å². The van der Waals surface area contributed by atoms with Gasteiger partial charge in [-0.3, -0.25) is 4.79 Å². The van der Waals surface area contributed by atoms with Crippen LogP contribution in [0, 0.1) is 0 Å². The van der Waals surface area contributed by atoms with E-state index in [1.54, 1.807) is 6.92 Å². The van der Waals surface area contributed by atoms with E-state index in [4.69, 9.17) is 4.74 Å². The fourth-order valence-corrected chi connectivity index (χ4v) is 4.16. The second kappa shape index (κ2) is 10.8. The Morgan fingerprint density at radius 1 is 1.12 bits per heavy atom. The average molecular weight is 496 g/mol. The molecule has 0 radical (unpaired) electrons. The Morgan fingerprint density at radius 2 is 1.75 bits per heavy atom.